The molecule has 0 saturated heterocycles. The first-order valence-corrected chi connectivity index (χ1v) is 5.67. The smallest absolute Gasteiger partial charge is 0.454 e. The molecule has 106 valence electrons. The number of Topliss-reactive ketones (excluding diaryl/α,β-unsaturated/α-hetero) is 1. The van der Waals surface area contributed by atoms with E-state index >= 15 is 0 Å². The van der Waals surface area contributed by atoms with Crippen LogP contribution in [0.15, 0.2) is 36.7 Å². The molecule has 2 aromatic heterocycles. The first kappa shape index (κ1) is 14.1. The largest absolute Gasteiger partial charge is 0.481 e. The van der Waals surface area contributed by atoms with E-state index in [1.54, 1.807) is 18.2 Å². The van der Waals surface area contributed by atoms with E-state index < -0.39 is 12.0 Å². The summed E-state index contributed by atoms with van der Waals surface area (Å²) < 4.78 is 43.3. The molecule has 0 bridgehead atoms. The Morgan fingerprint density at radius 2 is 2.10 bits per heavy atom. The number of pyridine rings is 1. The Morgan fingerprint density at radius 3 is 2.75 bits per heavy atom. The van der Waals surface area contributed by atoms with E-state index in [2.05, 4.69) is 4.98 Å². The summed E-state index contributed by atoms with van der Waals surface area (Å²) in [5.41, 5.74) is 0.228. The topological polar surface area (TPSA) is 44.1 Å². The predicted octanol–water partition coefficient (Wildman–Crippen LogP) is 2.69. The predicted molar refractivity (Wildman–Crippen MR) is 64.7 cm³/mol. The molecule has 4 nitrogen and oxygen atoms in total. The van der Waals surface area contributed by atoms with Crippen LogP contribution < -0.4 is 4.74 Å². The molecule has 2 rings (SSSR count). The number of hydrogen-bond donors (Lipinski definition) is 0. The molecule has 0 N–H and O–H groups in total. The van der Waals surface area contributed by atoms with Crippen LogP contribution in [0.3, 0.4) is 0 Å². The van der Waals surface area contributed by atoms with Gasteiger partial charge >= 0.3 is 6.18 Å². The molecule has 0 saturated carbocycles. The monoisotopic (exact) mass is 284 g/mol. The number of ketones is 1. The fourth-order valence-electron chi connectivity index (χ4n) is 1.68. The molecule has 0 aliphatic carbocycles. The van der Waals surface area contributed by atoms with Gasteiger partial charge in [0.25, 0.3) is 5.78 Å². The zero-order valence-electron chi connectivity index (χ0n) is 10.5. The van der Waals surface area contributed by atoms with Crippen LogP contribution in [-0.4, -0.2) is 28.6 Å². The Kier molecular flexibility index (Phi) is 3.78. The molecule has 0 radical (unpaired) electrons. The summed E-state index contributed by atoms with van der Waals surface area (Å²) in [6.07, 6.45) is -2.31. The van der Waals surface area contributed by atoms with Crippen molar-refractivity contribution in [1.82, 2.24) is 9.55 Å². The molecule has 0 unspecified atom stereocenters. The Hall–Kier alpha value is -2.31. The first-order valence-electron chi connectivity index (χ1n) is 5.67. The Morgan fingerprint density at radius 1 is 1.35 bits per heavy atom. The fraction of sp³-hybridized carbons (Fsp3) is 0.231. The lowest BCUT2D eigenvalue weighted by molar-refractivity contribution is -0.0885. The summed E-state index contributed by atoms with van der Waals surface area (Å²) in [6.45, 7) is 0.252. The number of methoxy groups -OCH3 is 1. The van der Waals surface area contributed by atoms with Gasteiger partial charge in [-0.25, -0.2) is 4.98 Å². The molecule has 0 fully saturated rings. The van der Waals surface area contributed by atoms with Gasteiger partial charge in [-0.3, -0.25) is 4.79 Å². The van der Waals surface area contributed by atoms with E-state index in [1.807, 2.05) is 0 Å². The zero-order chi connectivity index (χ0) is 14.8. The SMILES string of the molecule is COc1cccc(Cn2ccc(C(=O)C(F)(F)F)c2)n1. The molecule has 2 aromatic rings. The van der Waals surface area contributed by atoms with Gasteiger partial charge in [-0.2, -0.15) is 13.2 Å². The summed E-state index contributed by atoms with van der Waals surface area (Å²) in [5, 5.41) is 0. The normalized spacial score (nSPS) is 11.4. The lowest BCUT2D eigenvalue weighted by Crippen LogP contribution is -2.22. The molecule has 20 heavy (non-hydrogen) atoms. The van der Waals surface area contributed by atoms with E-state index in [-0.39, 0.29) is 12.1 Å². The average molecular weight is 284 g/mol. The number of aromatic nitrogens is 2. The summed E-state index contributed by atoms with van der Waals surface area (Å²) in [7, 11) is 1.47. The maximum atomic E-state index is 12.3. The van der Waals surface area contributed by atoms with Gasteiger partial charge in [-0.05, 0) is 12.1 Å². The average Bonchev–Trinajstić information content (AvgIpc) is 2.85. The highest BCUT2D eigenvalue weighted by Gasteiger charge is 2.39. The Labute approximate surface area is 112 Å². The number of carbonyl (C=O) groups is 1. The van der Waals surface area contributed by atoms with E-state index in [4.69, 9.17) is 4.74 Å². The summed E-state index contributed by atoms with van der Waals surface area (Å²) in [6, 6.07) is 6.24. The van der Waals surface area contributed by atoms with Crippen LogP contribution in [-0.2, 0) is 6.54 Å². The van der Waals surface area contributed by atoms with Crippen LogP contribution in [0.4, 0.5) is 13.2 Å². The molecule has 7 heteroatoms. The number of nitrogens with zero attached hydrogens (tertiary/aromatic N) is 2. The maximum absolute atomic E-state index is 12.3. The van der Waals surface area contributed by atoms with Gasteiger partial charge in [0.15, 0.2) is 0 Å². The van der Waals surface area contributed by atoms with Crippen molar-refractivity contribution in [3.8, 4) is 5.88 Å². The molecule has 2 heterocycles. The van der Waals surface area contributed by atoms with Crippen LogP contribution in [0, 0.1) is 0 Å². The highest BCUT2D eigenvalue weighted by molar-refractivity contribution is 6.00. The molecule has 0 aromatic carbocycles. The summed E-state index contributed by atoms with van der Waals surface area (Å²) >= 11 is 0. The van der Waals surface area contributed by atoms with Gasteiger partial charge in [0.05, 0.1) is 19.3 Å². The third kappa shape index (κ3) is 3.17. The highest BCUT2D eigenvalue weighted by Crippen LogP contribution is 2.21. The van der Waals surface area contributed by atoms with Gasteiger partial charge in [-0.15, -0.1) is 0 Å². The van der Waals surface area contributed by atoms with Crippen LogP contribution in [0.5, 0.6) is 5.88 Å². The second-order valence-corrected chi connectivity index (χ2v) is 4.07. The third-order valence-electron chi connectivity index (χ3n) is 2.61. The van der Waals surface area contributed by atoms with Gasteiger partial charge < -0.3 is 9.30 Å². The number of hydrogen-bond acceptors (Lipinski definition) is 3. The minimum absolute atomic E-state index is 0.252. The summed E-state index contributed by atoms with van der Waals surface area (Å²) in [4.78, 5) is 15.2. The number of rotatable bonds is 4. The van der Waals surface area contributed by atoms with E-state index in [0.29, 0.717) is 11.6 Å². The van der Waals surface area contributed by atoms with Crippen LogP contribution in [0.25, 0.3) is 0 Å². The van der Waals surface area contributed by atoms with Crippen LogP contribution in [0.2, 0.25) is 0 Å². The Balaban J connectivity index is 2.15. The van der Waals surface area contributed by atoms with Crippen molar-refractivity contribution < 1.29 is 22.7 Å². The molecule has 0 spiro atoms. The van der Waals surface area contributed by atoms with Crippen molar-refractivity contribution in [3.05, 3.63) is 47.9 Å². The van der Waals surface area contributed by atoms with E-state index in [9.17, 15) is 18.0 Å². The molecule has 0 amide bonds. The zero-order valence-corrected chi connectivity index (χ0v) is 10.5. The van der Waals surface area contributed by atoms with Crippen molar-refractivity contribution in [2.24, 2.45) is 0 Å². The van der Waals surface area contributed by atoms with Gasteiger partial charge in [-0.1, -0.05) is 6.07 Å². The van der Waals surface area contributed by atoms with Gasteiger partial charge in [0, 0.05) is 24.0 Å². The first-order chi connectivity index (χ1) is 9.40. The van der Waals surface area contributed by atoms with Crippen LogP contribution in [0.1, 0.15) is 16.1 Å². The second-order valence-electron chi connectivity index (χ2n) is 4.07. The minimum Gasteiger partial charge on any atom is -0.481 e. The quantitative estimate of drug-likeness (QED) is 0.811. The van der Waals surface area contributed by atoms with Crippen LogP contribution >= 0.6 is 0 Å². The van der Waals surface area contributed by atoms with Crippen molar-refractivity contribution in [3.63, 3.8) is 0 Å². The third-order valence-corrected chi connectivity index (χ3v) is 2.61. The standard InChI is InChI=1S/C13H11F3N2O2/c1-20-11-4-2-3-10(17-11)8-18-6-5-9(7-18)12(19)13(14,15)16/h2-7H,8H2,1H3. The van der Waals surface area contributed by atoms with Crippen molar-refractivity contribution in [2.45, 2.75) is 12.7 Å². The van der Waals surface area contributed by atoms with Gasteiger partial charge in [0.1, 0.15) is 0 Å². The van der Waals surface area contributed by atoms with E-state index in [1.165, 1.54) is 17.9 Å². The number of ether oxygens (including phenoxy) is 1. The summed E-state index contributed by atoms with van der Waals surface area (Å²) in [5.74, 6) is -1.43. The Bertz CT molecular complexity index is 620. The molecule has 0 aliphatic rings. The number of alkyl halides is 3. The molecular weight excluding hydrogens is 273 g/mol. The maximum Gasteiger partial charge on any atom is 0.454 e. The van der Waals surface area contributed by atoms with Crippen molar-refractivity contribution >= 4 is 5.78 Å². The molecule has 0 atom stereocenters. The second kappa shape index (κ2) is 5.36. The fourth-order valence-corrected chi connectivity index (χ4v) is 1.68. The highest BCUT2D eigenvalue weighted by atomic mass is 19.4. The number of carbonyl (C=O) groups excluding carboxylic acids is 1. The minimum atomic E-state index is -4.86. The number of halogens is 3. The lowest BCUT2D eigenvalue weighted by Gasteiger charge is -2.05. The molecular formula is C13H11F3N2O2. The van der Waals surface area contributed by atoms with Crippen molar-refractivity contribution in [1.29, 1.82) is 0 Å². The molecule has 0 aliphatic heterocycles. The van der Waals surface area contributed by atoms with Gasteiger partial charge in [0.2, 0.25) is 5.88 Å². The van der Waals surface area contributed by atoms with Crippen molar-refractivity contribution in [2.75, 3.05) is 7.11 Å². The lowest BCUT2D eigenvalue weighted by atomic mass is 10.2. The van der Waals surface area contributed by atoms with E-state index in [0.717, 1.165) is 12.3 Å².